The Morgan fingerprint density at radius 1 is 1.05 bits per heavy atom. The Kier molecular flexibility index (Phi) is 6.86. The van der Waals surface area contributed by atoms with Crippen molar-refractivity contribution in [3.8, 4) is 0 Å². The number of hydrogen-bond acceptors (Lipinski definition) is 3. The summed E-state index contributed by atoms with van der Waals surface area (Å²) in [5.74, 6) is -2.46. The quantitative estimate of drug-likeness (QED) is 0.373. The standard InChI is InChI=1S/C26H27F7N4/c1-14-7-19-18-8-15(28)3-4-22(18)35-24(19)25(37(14)13-26(31,32)33)23-20(29)9-16(10-21(23)30)34-17-11-36(12-17)6-2-5-27/h3-4,8-10,14,17,25,34-35H,2,5-7,11-13H2,1H3/t14-,25-/m1/s1. The summed E-state index contributed by atoms with van der Waals surface area (Å²) in [6.45, 7) is 1.58. The minimum atomic E-state index is -4.60. The Bertz CT molecular complexity index is 1260. The first-order valence-electron chi connectivity index (χ1n) is 12.2. The Labute approximate surface area is 209 Å². The van der Waals surface area contributed by atoms with Crippen LogP contribution >= 0.6 is 0 Å². The molecule has 37 heavy (non-hydrogen) atoms. The lowest BCUT2D eigenvalue weighted by Crippen LogP contribution is -2.54. The van der Waals surface area contributed by atoms with Crippen molar-refractivity contribution in [3.63, 3.8) is 0 Å². The first-order valence-corrected chi connectivity index (χ1v) is 12.2. The summed E-state index contributed by atoms with van der Waals surface area (Å²) in [5, 5.41) is 3.53. The average molecular weight is 529 g/mol. The van der Waals surface area contributed by atoms with E-state index < -0.39 is 54.5 Å². The van der Waals surface area contributed by atoms with E-state index in [2.05, 4.69) is 10.3 Å². The van der Waals surface area contributed by atoms with Crippen molar-refractivity contribution in [3.05, 3.63) is 64.6 Å². The predicted molar refractivity (Wildman–Crippen MR) is 127 cm³/mol. The molecule has 0 amide bonds. The lowest BCUT2D eigenvalue weighted by atomic mass is 9.88. The lowest BCUT2D eigenvalue weighted by Gasteiger charge is -2.41. The molecule has 2 N–H and O–H groups in total. The molecule has 5 rings (SSSR count). The molecular formula is C26H27F7N4. The zero-order valence-electron chi connectivity index (χ0n) is 20.1. The van der Waals surface area contributed by atoms with E-state index in [0.717, 1.165) is 17.0 Å². The highest BCUT2D eigenvalue weighted by Crippen LogP contribution is 2.44. The van der Waals surface area contributed by atoms with Crippen LogP contribution in [0.2, 0.25) is 0 Å². The summed E-state index contributed by atoms with van der Waals surface area (Å²) in [6, 6.07) is 3.98. The molecule has 0 aliphatic carbocycles. The minimum Gasteiger partial charge on any atom is -0.380 e. The Balaban J connectivity index is 1.51. The number of hydrogen-bond donors (Lipinski definition) is 2. The lowest BCUT2D eigenvalue weighted by molar-refractivity contribution is -0.155. The van der Waals surface area contributed by atoms with E-state index >= 15 is 8.78 Å². The third kappa shape index (κ3) is 5.16. The molecule has 1 fully saturated rings. The van der Waals surface area contributed by atoms with Crippen LogP contribution < -0.4 is 5.32 Å². The highest BCUT2D eigenvalue weighted by molar-refractivity contribution is 5.85. The predicted octanol–water partition coefficient (Wildman–Crippen LogP) is 5.94. The maximum Gasteiger partial charge on any atom is 0.401 e. The van der Waals surface area contributed by atoms with Gasteiger partial charge in [-0.25, -0.2) is 13.2 Å². The van der Waals surface area contributed by atoms with Crippen molar-refractivity contribution in [2.24, 2.45) is 0 Å². The van der Waals surface area contributed by atoms with E-state index in [1.54, 1.807) is 6.92 Å². The average Bonchev–Trinajstić information content (AvgIpc) is 3.13. The van der Waals surface area contributed by atoms with Gasteiger partial charge in [0.25, 0.3) is 0 Å². The summed E-state index contributed by atoms with van der Waals surface area (Å²) < 4.78 is 98.1. The van der Waals surface area contributed by atoms with Gasteiger partial charge in [-0.15, -0.1) is 0 Å². The van der Waals surface area contributed by atoms with Crippen molar-refractivity contribution in [2.45, 2.75) is 44.1 Å². The number of aromatic nitrogens is 1. The molecule has 0 unspecified atom stereocenters. The van der Waals surface area contributed by atoms with Crippen LogP contribution in [-0.4, -0.2) is 65.9 Å². The van der Waals surface area contributed by atoms with Gasteiger partial charge in [0.2, 0.25) is 0 Å². The number of benzene rings is 2. The van der Waals surface area contributed by atoms with E-state index in [-0.39, 0.29) is 23.8 Å². The van der Waals surface area contributed by atoms with Gasteiger partial charge in [-0.1, -0.05) is 0 Å². The van der Waals surface area contributed by atoms with Crippen LogP contribution in [0.1, 0.15) is 36.2 Å². The largest absolute Gasteiger partial charge is 0.401 e. The Morgan fingerprint density at radius 2 is 1.76 bits per heavy atom. The molecule has 2 aliphatic heterocycles. The van der Waals surface area contributed by atoms with Crippen LogP contribution in [0.4, 0.5) is 36.4 Å². The molecule has 2 atom stereocenters. The van der Waals surface area contributed by atoms with Crippen molar-refractivity contribution in [1.29, 1.82) is 0 Å². The van der Waals surface area contributed by atoms with Gasteiger partial charge in [0.15, 0.2) is 0 Å². The maximum atomic E-state index is 15.5. The third-order valence-electron chi connectivity index (χ3n) is 7.22. The zero-order valence-corrected chi connectivity index (χ0v) is 20.1. The number of nitrogens with one attached hydrogen (secondary N) is 2. The molecular weight excluding hydrogens is 501 g/mol. The topological polar surface area (TPSA) is 34.3 Å². The number of halogens is 7. The van der Waals surface area contributed by atoms with Crippen LogP contribution in [-0.2, 0) is 6.42 Å². The molecule has 0 spiro atoms. The molecule has 4 nitrogen and oxygen atoms in total. The van der Waals surface area contributed by atoms with Gasteiger partial charge in [-0.2, -0.15) is 13.2 Å². The van der Waals surface area contributed by atoms with E-state index in [0.29, 0.717) is 42.5 Å². The smallest absolute Gasteiger partial charge is 0.380 e. The highest BCUT2D eigenvalue weighted by atomic mass is 19.4. The second kappa shape index (κ2) is 9.83. The van der Waals surface area contributed by atoms with Crippen molar-refractivity contribution < 1.29 is 30.7 Å². The molecule has 0 saturated carbocycles. The first-order chi connectivity index (χ1) is 17.5. The summed E-state index contributed by atoms with van der Waals surface area (Å²) in [4.78, 5) is 6.06. The number of likely N-dealkylation sites (tertiary alicyclic amines) is 1. The molecule has 1 saturated heterocycles. The van der Waals surface area contributed by atoms with Gasteiger partial charge in [-0.3, -0.25) is 14.2 Å². The molecule has 2 aromatic carbocycles. The monoisotopic (exact) mass is 528 g/mol. The molecule has 200 valence electrons. The summed E-state index contributed by atoms with van der Waals surface area (Å²) >= 11 is 0. The molecule has 0 radical (unpaired) electrons. The number of nitrogens with zero attached hydrogens (tertiary/aromatic N) is 2. The van der Waals surface area contributed by atoms with Gasteiger partial charge in [0.1, 0.15) is 17.5 Å². The Morgan fingerprint density at radius 3 is 2.41 bits per heavy atom. The first kappa shape index (κ1) is 25.8. The van der Waals surface area contributed by atoms with E-state index in [4.69, 9.17) is 0 Å². The number of rotatable bonds is 7. The van der Waals surface area contributed by atoms with Crippen LogP contribution in [0.3, 0.4) is 0 Å². The molecule has 3 heterocycles. The normalized spacial score (nSPS) is 21.3. The van der Waals surface area contributed by atoms with Crippen molar-refractivity contribution >= 4 is 16.6 Å². The van der Waals surface area contributed by atoms with E-state index in [9.17, 15) is 22.0 Å². The fourth-order valence-corrected chi connectivity index (χ4v) is 5.58. The fourth-order valence-electron chi connectivity index (χ4n) is 5.58. The molecule has 2 aliphatic rings. The van der Waals surface area contributed by atoms with E-state index in [1.165, 1.54) is 18.2 Å². The summed E-state index contributed by atoms with van der Waals surface area (Å²) in [7, 11) is 0. The number of aromatic amines is 1. The van der Waals surface area contributed by atoms with Crippen LogP contribution in [0.15, 0.2) is 30.3 Å². The number of anilines is 1. The van der Waals surface area contributed by atoms with Gasteiger partial charge in [0, 0.05) is 53.5 Å². The number of alkyl halides is 4. The zero-order chi connectivity index (χ0) is 26.5. The van der Waals surface area contributed by atoms with Crippen LogP contribution in [0.25, 0.3) is 10.9 Å². The fraction of sp³-hybridized carbons (Fsp3) is 0.462. The van der Waals surface area contributed by atoms with Gasteiger partial charge in [-0.05, 0) is 55.7 Å². The van der Waals surface area contributed by atoms with Gasteiger partial charge in [0.05, 0.1) is 25.3 Å². The van der Waals surface area contributed by atoms with Crippen molar-refractivity contribution in [2.75, 3.05) is 38.2 Å². The number of H-pyrrole nitrogens is 1. The molecule has 0 bridgehead atoms. The minimum absolute atomic E-state index is 0.0732. The molecule has 1 aromatic heterocycles. The van der Waals surface area contributed by atoms with Crippen LogP contribution in [0.5, 0.6) is 0 Å². The Hall–Kier alpha value is -2.79. The van der Waals surface area contributed by atoms with Gasteiger partial charge >= 0.3 is 6.18 Å². The third-order valence-corrected chi connectivity index (χ3v) is 7.22. The SMILES string of the molecule is C[C@@H]1Cc2c([nH]c3ccc(F)cc23)[C@@H](c2c(F)cc(NC3CN(CCCF)C3)cc2F)N1CC(F)(F)F. The summed E-state index contributed by atoms with van der Waals surface area (Å²) in [6.07, 6.45) is -4.02. The highest BCUT2D eigenvalue weighted by Gasteiger charge is 2.44. The summed E-state index contributed by atoms with van der Waals surface area (Å²) in [5.41, 5.74) is 0.948. The number of fused-ring (bicyclic) bond motifs is 3. The second-order valence-electron chi connectivity index (χ2n) is 9.95. The van der Waals surface area contributed by atoms with Crippen LogP contribution in [0, 0.1) is 17.5 Å². The second-order valence-corrected chi connectivity index (χ2v) is 9.95. The van der Waals surface area contributed by atoms with Gasteiger partial charge < -0.3 is 10.3 Å². The molecule has 11 heteroatoms. The van der Waals surface area contributed by atoms with Crippen molar-refractivity contribution in [1.82, 2.24) is 14.8 Å². The molecule has 3 aromatic rings. The maximum absolute atomic E-state index is 15.5. The van der Waals surface area contributed by atoms with E-state index in [1.807, 2.05) is 4.90 Å².